The number of nitrogens with one attached hydrogen (secondary N) is 1. The Morgan fingerprint density at radius 1 is 1.04 bits per heavy atom. The Hall–Kier alpha value is -3.53. The smallest absolute Gasteiger partial charge is 0.246 e. The van der Waals surface area contributed by atoms with Crippen LogP contribution in [-0.4, -0.2) is 90.3 Å². The lowest BCUT2D eigenvalue weighted by Gasteiger charge is -2.34. The lowest BCUT2D eigenvalue weighted by atomic mass is 9.94. The molecule has 1 saturated heterocycles. The third kappa shape index (κ3) is 10.2. The second-order valence-corrected chi connectivity index (χ2v) is 14.8. The molecule has 1 fully saturated rings. The van der Waals surface area contributed by atoms with Gasteiger partial charge in [-0.1, -0.05) is 61.0 Å². The highest BCUT2D eigenvalue weighted by atomic mass is 32.1. The van der Waals surface area contributed by atoms with E-state index in [0.29, 0.717) is 38.3 Å². The van der Waals surface area contributed by atoms with Crippen molar-refractivity contribution in [2.75, 3.05) is 34.2 Å². The summed E-state index contributed by atoms with van der Waals surface area (Å²) < 4.78 is 0. The van der Waals surface area contributed by atoms with Crippen LogP contribution in [0.15, 0.2) is 71.6 Å². The molecule has 0 spiro atoms. The summed E-state index contributed by atoms with van der Waals surface area (Å²) in [5.74, 6) is -0.697. The normalized spacial score (nSPS) is 17.0. The van der Waals surface area contributed by atoms with E-state index in [4.69, 9.17) is 5.73 Å². The zero-order valence-corrected chi connectivity index (χ0v) is 29.8. The van der Waals surface area contributed by atoms with Gasteiger partial charge in [0.1, 0.15) is 12.1 Å². The lowest BCUT2D eigenvalue weighted by molar-refractivity contribution is -0.146. The number of likely N-dealkylation sites (N-methyl/N-ethyl adjacent to an activating group) is 2. The molecule has 9 heteroatoms. The molecule has 0 saturated carbocycles. The number of hydrogen-bond acceptors (Lipinski definition) is 6. The molecule has 3 amide bonds. The number of thiophene rings is 1. The zero-order valence-electron chi connectivity index (χ0n) is 29.0. The van der Waals surface area contributed by atoms with Gasteiger partial charge in [-0.2, -0.15) is 0 Å². The first-order valence-corrected chi connectivity index (χ1v) is 17.7. The largest absolute Gasteiger partial charge is 0.354 e. The molecule has 8 nitrogen and oxygen atoms in total. The van der Waals surface area contributed by atoms with Crippen molar-refractivity contribution in [2.45, 2.75) is 89.4 Å². The molecule has 0 aliphatic carbocycles. The van der Waals surface area contributed by atoms with E-state index in [2.05, 4.69) is 29.4 Å². The summed E-state index contributed by atoms with van der Waals surface area (Å²) in [4.78, 5) is 48.6. The summed E-state index contributed by atoms with van der Waals surface area (Å²) in [5, 5.41) is 7.30. The maximum absolute atomic E-state index is 14.5. The van der Waals surface area contributed by atoms with Gasteiger partial charge in [-0.25, -0.2) is 0 Å². The van der Waals surface area contributed by atoms with Crippen LogP contribution in [0.4, 0.5) is 0 Å². The highest BCUT2D eigenvalue weighted by molar-refractivity contribution is 7.09. The van der Waals surface area contributed by atoms with Crippen molar-refractivity contribution < 1.29 is 14.4 Å². The van der Waals surface area contributed by atoms with Crippen molar-refractivity contribution in [3.63, 3.8) is 0 Å². The number of nitrogens with zero attached hydrogens (tertiary/aromatic N) is 3. The fourth-order valence-corrected chi connectivity index (χ4v) is 7.25. The van der Waals surface area contributed by atoms with Gasteiger partial charge >= 0.3 is 0 Å². The van der Waals surface area contributed by atoms with Crippen LogP contribution in [0.3, 0.4) is 0 Å². The first kappa shape index (κ1) is 36.3. The Morgan fingerprint density at radius 2 is 1.79 bits per heavy atom. The quantitative estimate of drug-likeness (QED) is 0.213. The first-order valence-electron chi connectivity index (χ1n) is 16.9. The zero-order chi connectivity index (χ0) is 34.1. The molecule has 2 unspecified atom stereocenters. The third-order valence-corrected chi connectivity index (χ3v) is 10.2. The Labute approximate surface area is 285 Å². The molecule has 0 bridgehead atoms. The van der Waals surface area contributed by atoms with Crippen molar-refractivity contribution in [1.82, 2.24) is 20.0 Å². The summed E-state index contributed by atoms with van der Waals surface area (Å²) in [6.07, 6.45) is 6.80. The first-order chi connectivity index (χ1) is 22.4. The van der Waals surface area contributed by atoms with Crippen LogP contribution in [0.5, 0.6) is 0 Å². The van der Waals surface area contributed by atoms with Crippen molar-refractivity contribution in [3.8, 4) is 0 Å². The molecule has 4 rings (SSSR count). The second-order valence-electron chi connectivity index (χ2n) is 13.8. The van der Waals surface area contributed by atoms with Gasteiger partial charge in [0.15, 0.2) is 0 Å². The molecule has 2 heterocycles. The summed E-state index contributed by atoms with van der Waals surface area (Å²) in [6.45, 7) is 7.53. The number of nitrogens with two attached hydrogens (primary N) is 1. The van der Waals surface area contributed by atoms with Gasteiger partial charge in [0.25, 0.3) is 0 Å². The predicted octanol–water partition coefficient (Wildman–Crippen LogP) is 5.40. The molecule has 2 aromatic carbocycles. The van der Waals surface area contributed by atoms with Gasteiger partial charge in [0.2, 0.25) is 17.7 Å². The monoisotopic (exact) mass is 659 g/mol. The van der Waals surface area contributed by atoms with Crippen LogP contribution in [0.1, 0.15) is 63.3 Å². The van der Waals surface area contributed by atoms with Crippen LogP contribution in [0.25, 0.3) is 10.8 Å². The van der Waals surface area contributed by atoms with Gasteiger partial charge in [-0.15, -0.1) is 11.3 Å². The number of amides is 3. The van der Waals surface area contributed by atoms with Gasteiger partial charge < -0.3 is 25.8 Å². The molecule has 0 radical (unpaired) electrons. The Morgan fingerprint density at radius 3 is 2.43 bits per heavy atom. The minimum absolute atomic E-state index is 0.174. The minimum atomic E-state index is -0.820. The summed E-state index contributed by atoms with van der Waals surface area (Å²) in [6, 6.07) is 17.1. The second kappa shape index (κ2) is 16.5. The van der Waals surface area contributed by atoms with E-state index in [1.54, 1.807) is 36.4 Å². The van der Waals surface area contributed by atoms with Crippen molar-refractivity contribution >= 4 is 39.8 Å². The number of hydrogen-bond donors (Lipinski definition) is 2. The van der Waals surface area contributed by atoms with Crippen LogP contribution < -0.4 is 11.1 Å². The summed E-state index contributed by atoms with van der Waals surface area (Å²) in [5.41, 5.74) is 7.70. The van der Waals surface area contributed by atoms with E-state index in [-0.39, 0.29) is 17.7 Å². The van der Waals surface area contributed by atoms with E-state index < -0.39 is 17.6 Å². The van der Waals surface area contributed by atoms with Gasteiger partial charge in [-0.3, -0.25) is 14.4 Å². The number of benzene rings is 2. The van der Waals surface area contributed by atoms with Crippen LogP contribution in [0.2, 0.25) is 0 Å². The molecule has 1 aliphatic heterocycles. The molecule has 254 valence electrons. The minimum Gasteiger partial charge on any atom is -0.354 e. The molecule has 1 aliphatic rings. The fraction of sp³-hybridized carbons (Fsp3) is 0.500. The van der Waals surface area contributed by atoms with Crippen molar-refractivity contribution in [2.24, 2.45) is 5.73 Å². The average Bonchev–Trinajstić information content (AvgIpc) is 3.71. The molecular formula is C38H53N5O3S. The van der Waals surface area contributed by atoms with Gasteiger partial charge in [0.05, 0.1) is 0 Å². The molecular weight excluding hydrogens is 607 g/mol. The number of rotatable bonds is 15. The number of likely N-dealkylation sites (tertiary alicyclic amines) is 1. The number of carbonyl (C=O) groups excluding carboxylic acids is 3. The molecule has 47 heavy (non-hydrogen) atoms. The Balaban J connectivity index is 1.61. The number of fused-ring (bicyclic) bond motifs is 1. The summed E-state index contributed by atoms with van der Waals surface area (Å²) in [7, 11) is 5.51. The van der Waals surface area contributed by atoms with E-state index in [0.717, 1.165) is 46.2 Å². The van der Waals surface area contributed by atoms with Crippen molar-refractivity contribution in [3.05, 3.63) is 82.1 Å². The van der Waals surface area contributed by atoms with E-state index in [1.807, 2.05) is 68.6 Å². The van der Waals surface area contributed by atoms with E-state index in [9.17, 15) is 14.4 Å². The van der Waals surface area contributed by atoms with Crippen LogP contribution >= 0.6 is 11.3 Å². The fourth-order valence-electron chi connectivity index (χ4n) is 6.51. The van der Waals surface area contributed by atoms with Crippen LogP contribution in [0, 0.1) is 0 Å². The highest BCUT2D eigenvalue weighted by Crippen LogP contribution is 2.23. The van der Waals surface area contributed by atoms with E-state index in [1.165, 1.54) is 11.3 Å². The molecule has 1 aromatic heterocycles. The summed E-state index contributed by atoms with van der Waals surface area (Å²) >= 11 is 1.57. The lowest BCUT2D eigenvalue weighted by Crippen LogP contribution is -2.56. The SMILES string of the molecule is CC/C(=C\C(=O)N(C)[C@H](Cc1ccc2ccccc2c1)C(=O)N(C)C(Cc1cccs1)C(=O)NCCC1CCCN1C)CC(C)(C)N. The maximum Gasteiger partial charge on any atom is 0.246 e. The number of carbonyl (C=O) groups is 3. The van der Waals surface area contributed by atoms with Gasteiger partial charge in [0, 0.05) is 56.0 Å². The molecule has 3 atom stereocenters. The van der Waals surface area contributed by atoms with Crippen LogP contribution in [-0.2, 0) is 27.2 Å². The molecule has 3 aromatic rings. The predicted molar refractivity (Wildman–Crippen MR) is 193 cm³/mol. The Kier molecular flexibility index (Phi) is 12.8. The maximum atomic E-state index is 14.5. The third-order valence-electron chi connectivity index (χ3n) is 9.35. The Bertz CT molecular complexity index is 1530. The average molecular weight is 660 g/mol. The van der Waals surface area contributed by atoms with Gasteiger partial charge in [-0.05, 0) is 87.3 Å². The van der Waals surface area contributed by atoms with Crippen molar-refractivity contribution in [1.29, 1.82) is 0 Å². The molecule has 3 N–H and O–H groups in total. The highest BCUT2D eigenvalue weighted by Gasteiger charge is 2.35. The topological polar surface area (TPSA) is 99.0 Å². The van der Waals surface area contributed by atoms with E-state index >= 15 is 0 Å². The standard InChI is InChI=1S/C38H53N5O3S/c1-7-27(26-38(2,3)39)24-35(44)42(5)34(23-28-16-17-29-12-8-9-13-30(29)22-28)37(46)43(6)33(25-32-15-11-21-47-32)36(45)40-19-18-31-14-10-20-41(31)4/h8-9,11-13,15-17,21-22,24,31,33-34H,7,10,14,18-20,23,25-26,39H2,1-6H3,(H,40,45)/b27-24+/t31?,33?,34-/m1/s1.